The van der Waals surface area contributed by atoms with Crippen LogP contribution in [-0.2, 0) is 7.05 Å². The van der Waals surface area contributed by atoms with Gasteiger partial charge in [-0.2, -0.15) is 5.10 Å². The molecule has 1 aromatic rings. The molecule has 1 saturated heterocycles. The van der Waals surface area contributed by atoms with Crippen LogP contribution in [0.15, 0.2) is 12.4 Å². The molecule has 1 fully saturated rings. The number of nitrogens with zero attached hydrogens (tertiary/aromatic N) is 2. The van der Waals surface area contributed by atoms with E-state index in [1.165, 1.54) is 0 Å². The summed E-state index contributed by atoms with van der Waals surface area (Å²) in [4.78, 5) is 0. The van der Waals surface area contributed by atoms with Gasteiger partial charge in [0, 0.05) is 20.1 Å². The van der Waals surface area contributed by atoms with Crippen molar-refractivity contribution in [3.05, 3.63) is 12.4 Å². The van der Waals surface area contributed by atoms with Gasteiger partial charge in [0.2, 0.25) is 0 Å². The van der Waals surface area contributed by atoms with E-state index in [1.807, 2.05) is 7.05 Å². The standard InChI is InChI=1S/C8H13N3O2.2ClH/c1-11-5-6(2-10-11)13-8-4-9-3-7(8)12;;/h2,5,7-9,12H,3-4H2,1H3;2*1H. The van der Waals surface area contributed by atoms with Gasteiger partial charge in [-0.25, -0.2) is 0 Å². The number of aryl methyl sites for hydroxylation is 1. The monoisotopic (exact) mass is 255 g/mol. The second-order valence-electron chi connectivity index (χ2n) is 3.23. The Morgan fingerprint density at radius 1 is 1.53 bits per heavy atom. The van der Waals surface area contributed by atoms with Gasteiger partial charge >= 0.3 is 0 Å². The molecule has 0 spiro atoms. The molecule has 15 heavy (non-hydrogen) atoms. The first kappa shape index (κ1) is 14.5. The second kappa shape index (κ2) is 6.17. The summed E-state index contributed by atoms with van der Waals surface area (Å²) >= 11 is 0. The molecule has 1 aromatic heterocycles. The first-order valence-corrected chi connectivity index (χ1v) is 4.30. The van der Waals surface area contributed by atoms with E-state index in [9.17, 15) is 5.11 Å². The molecule has 0 aliphatic carbocycles. The minimum atomic E-state index is -0.416. The Morgan fingerprint density at radius 2 is 2.27 bits per heavy atom. The number of aliphatic hydroxyl groups is 1. The quantitative estimate of drug-likeness (QED) is 0.780. The molecular formula is C8H15Cl2N3O2. The van der Waals surface area contributed by atoms with E-state index < -0.39 is 6.10 Å². The van der Waals surface area contributed by atoms with Gasteiger partial charge in [-0.1, -0.05) is 0 Å². The SMILES string of the molecule is Cl.Cl.Cn1cc(OC2CNCC2O)cn1. The highest BCUT2D eigenvalue weighted by atomic mass is 35.5. The van der Waals surface area contributed by atoms with Crippen LogP contribution in [-0.4, -0.2) is 40.2 Å². The minimum Gasteiger partial charge on any atom is -0.483 e. The molecule has 2 atom stereocenters. The maximum atomic E-state index is 9.44. The Balaban J connectivity index is 0.000000980. The molecule has 7 heteroatoms. The lowest BCUT2D eigenvalue weighted by molar-refractivity contribution is 0.0737. The summed E-state index contributed by atoms with van der Waals surface area (Å²) in [5, 5.41) is 16.5. The smallest absolute Gasteiger partial charge is 0.157 e. The lowest BCUT2D eigenvalue weighted by Crippen LogP contribution is -2.29. The third-order valence-electron chi connectivity index (χ3n) is 2.10. The van der Waals surface area contributed by atoms with Crippen LogP contribution in [0.2, 0.25) is 0 Å². The van der Waals surface area contributed by atoms with Crippen LogP contribution in [0.1, 0.15) is 0 Å². The zero-order valence-corrected chi connectivity index (χ0v) is 9.92. The maximum absolute atomic E-state index is 9.44. The average molecular weight is 256 g/mol. The Bertz CT molecular complexity index is 295. The van der Waals surface area contributed by atoms with E-state index in [0.29, 0.717) is 18.8 Å². The van der Waals surface area contributed by atoms with E-state index in [0.717, 1.165) is 0 Å². The van der Waals surface area contributed by atoms with Crippen molar-refractivity contribution in [1.29, 1.82) is 0 Å². The minimum absolute atomic E-state index is 0. The van der Waals surface area contributed by atoms with Crippen LogP contribution >= 0.6 is 24.8 Å². The third kappa shape index (κ3) is 3.53. The first-order valence-electron chi connectivity index (χ1n) is 4.30. The van der Waals surface area contributed by atoms with Crippen LogP contribution in [0.5, 0.6) is 5.75 Å². The Morgan fingerprint density at radius 3 is 2.73 bits per heavy atom. The third-order valence-corrected chi connectivity index (χ3v) is 2.10. The highest BCUT2D eigenvalue weighted by Gasteiger charge is 2.26. The Hall–Kier alpha value is -0.490. The number of aliphatic hydroxyl groups excluding tert-OH is 1. The van der Waals surface area contributed by atoms with Crippen LogP contribution in [0, 0.1) is 0 Å². The van der Waals surface area contributed by atoms with Gasteiger partial charge in [0.1, 0.15) is 12.2 Å². The largest absolute Gasteiger partial charge is 0.483 e. The highest BCUT2D eigenvalue weighted by molar-refractivity contribution is 5.85. The van der Waals surface area contributed by atoms with Crippen LogP contribution < -0.4 is 10.1 Å². The lowest BCUT2D eigenvalue weighted by Gasteiger charge is -2.13. The number of ether oxygens (including phenoxy) is 1. The van der Waals surface area contributed by atoms with Crippen molar-refractivity contribution in [1.82, 2.24) is 15.1 Å². The molecule has 2 rings (SSSR count). The fourth-order valence-corrected chi connectivity index (χ4v) is 1.40. The fourth-order valence-electron chi connectivity index (χ4n) is 1.40. The molecule has 2 heterocycles. The molecular weight excluding hydrogens is 241 g/mol. The van der Waals surface area contributed by atoms with Gasteiger partial charge in [0.05, 0.1) is 12.4 Å². The molecule has 1 aliphatic rings. The molecule has 2 unspecified atom stereocenters. The fraction of sp³-hybridized carbons (Fsp3) is 0.625. The molecule has 1 aliphatic heterocycles. The van der Waals surface area contributed by atoms with Crippen LogP contribution in [0.4, 0.5) is 0 Å². The van der Waals surface area contributed by atoms with E-state index >= 15 is 0 Å². The van der Waals surface area contributed by atoms with Gasteiger partial charge in [-0.15, -0.1) is 24.8 Å². The van der Waals surface area contributed by atoms with Gasteiger partial charge < -0.3 is 15.2 Å². The molecule has 5 nitrogen and oxygen atoms in total. The summed E-state index contributed by atoms with van der Waals surface area (Å²) in [6.07, 6.45) is 2.86. The van der Waals surface area contributed by atoms with E-state index in [2.05, 4.69) is 10.4 Å². The van der Waals surface area contributed by atoms with Crippen molar-refractivity contribution >= 4 is 24.8 Å². The number of halogens is 2. The summed E-state index contributed by atoms with van der Waals surface area (Å²) in [5.74, 6) is 0.704. The van der Waals surface area contributed by atoms with Gasteiger partial charge in [0.15, 0.2) is 5.75 Å². The van der Waals surface area contributed by atoms with E-state index in [1.54, 1.807) is 17.1 Å². The summed E-state index contributed by atoms with van der Waals surface area (Å²) in [6.45, 7) is 1.29. The van der Waals surface area contributed by atoms with Crippen molar-refractivity contribution in [3.8, 4) is 5.75 Å². The summed E-state index contributed by atoms with van der Waals surface area (Å²) in [7, 11) is 1.83. The zero-order chi connectivity index (χ0) is 9.26. The summed E-state index contributed by atoms with van der Waals surface area (Å²) in [5.41, 5.74) is 0. The number of aromatic nitrogens is 2. The highest BCUT2D eigenvalue weighted by Crippen LogP contribution is 2.13. The molecule has 0 bridgehead atoms. The number of rotatable bonds is 2. The van der Waals surface area contributed by atoms with Crippen molar-refractivity contribution in [2.75, 3.05) is 13.1 Å². The van der Waals surface area contributed by atoms with Crippen LogP contribution in [0.3, 0.4) is 0 Å². The molecule has 0 saturated carbocycles. The predicted molar refractivity (Wildman–Crippen MR) is 61.0 cm³/mol. The number of β-amino-alcohol motifs (C(OH)–C–C–N with tert-alkyl or cyclic N) is 1. The molecule has 0 radical (unpaired) electrons. The molecule has 88 valence electrons. The predicted octanol–water partition coefficient (Wildman–Crippen LogP) is -0.0248. The second-order valence-corrected chi connectivity index (χ2v) is 3.23. The van der Waals surface area contributed by atoms with Gasteiger partial charge in [-0.3, -0.25) is 4.68 Å². The normalized spacial score (nSPS) is 24.1. The van der Waals surface area contributed by atoms with Crippen molar-refractivity contribution in [2.24, 2.45) is 7.05 Å². The van der Waals surface area contributed by atoms with E-state index in [-0.39, 0.29) is 30.9 Å². The Labute approximate surface area is 101 Å². The first-order chi connectivity index (χ1) is 6.25. The topological polar surface area (TPSA) is 59.3 Å². The molecule has 0 amide bonds. The summed E-state index contributed by atoms with van der Waals surface area (Å²) in [6, 6.07) is 0. The van der Waals surface area contributed by atoms with Crippen molar-refractivity contribution < 1.29 is 9.84 Å². The molecule has 2 N–H and O–H groups in total. The number of hydrogen-bond acceptors (Lipinski definition) is 4. The number of nitrogens with one attached hydrogen (secondary N) is 1. The lowest BCUT2D eigenvalue weighted by atomic mass is 10.3. The molecule has 0 aromatic carbocycles. The zero-order valence-electron chi connectivity index (χ0n) is 8.29. The average Bonchev–Trinajstić information content (AvgIpc) is 2.64. The van der Waals surface area contributed by atoms with Crippen molar-refractivity contribution in [2.45, 2.75) is 12.2 Å². The van der Waals surface area contributed by atoms with E-state index in [4.69, 9.17) is 4.74 Å². The van der Waals surface area contributed by atoms with Crippen molar-refractivity contribution in [3.63, 3.8) is 0 Å². The van der Waals surface area contributed by atoms with Crippen LogP contribution in [0.25, 0.3) is 0 Å². The van der Waals surface area contributed by atoms with Gasteiger partial charge in [-0.05, 0) is 0 Å². The Kier molecular flexibility index (Phi) is 5.97. The maximum Gasteiger partial charge on any atom is 0.157 e. The summed E-state index contributed by atoms with van der Waals surface area (Å²) < 4.78 is 7.18. The number of hydrogen-bond donors (Lipinski definition) is 2. The van der Waals surface area contributed by atoms with Gasteiger partial charge in [0.25, 0.3) is 0 Å².